The van der Waals surface area contributed by atoms with Crippen LogP contribution in [0.2, 0.25) is 0 Å². The highest BCUT2D eigenvalue weighted by Crippen LogP contribution is 2.35. The Kier molecular flexibility index (Phi) is 2.29. The summed E-state index contributed by atoms with van der Waals surface area (Å²) in [5.74, 6) is 0.631. The molecule has 2 atom stereocenters. The third-order valence-electron chi connectivity index (χ3n) is 3.28. The van der Waals surface area contributed by atoms with Crippen LogP contribution < -0.4 is 0 Å². The molecule has 0 saturated carbocycles. The topological polar surface area (TPSA) is 15.4 Å². The second-order valence-electron chi connectivity index (χ2n) is 5.80. The average molecular weight is 183 g/mol. The third-order valence-corrected chi connectivity index (χ3v) is 3.28. The van der Waals surface area contributed by atoms with Crippen molar-refractivity contribution in [3.05, 3.63) is 0 Å². The van der Waals surface area contributed by atoms with Gasteiger partial charge in [-0.25, -0.2) is 0 Å². The quantitative estimate of drug-likeness (QED) is 0.513. The third kappa shape index (κ3) is 1.77. The molecule has 1 rings (SSSR count). The Morgan fingerprint density at radius 2 is 1.62 bits per heavy atom. The summed E-state index contributed by atoms with van der Waals surface area (Å²) in [6.07, 6.45) is 0. The van der Waals surface area contributed by atoms with Crippen LogP contribution in [0, 0.1) is 5.92 Å². The van der Waals surface area contributed by atoms with E-state index < -0.39 is 0 Å². The van der Waals surface area contributed by atoms with Gasteiger partial charge in [0.1, 0.15) is 5.54 Å². The first-order valence-corrected chi connectivity index (χ1v) is 5.18. The summed E-state index contributed by atoms with van der Waals surface area (Å²) < 4.78 is 2.26. The summed E-state index contributed by atoms with van der Waals surface area (Å²) >= 11 is 0. The summed E-state index contributed by atoms with van der Waals surface area (Å²) in [6.45, 7) is 15.7. The number of rotatable bonds is 0. The van der Waals surface area contributed by atoms with E-state index in [9.17, 15) is 0 Å². The Morgan fingerprint density at radius 3 is 1.77 bits per heavy atom. The first-order valence-electron chi connectivity index (χ1n) is 5.18. The van der Waals surface area contributed by atoms with E-state index in [1.807, 2.05) is 0 Å². The molecule has 76 valence electrons. The average Bonchev–Trinajstić information content (AvgIpc) is 2.12. The maximum Gasteiger partial charge on any atom is 0.180 e. The molecule has 0 aromatic heterocycles. The van der Waals surface area contributed by atoms with Crippen molar-refractivity contribution in [3.63, 3.8) is 0 Å². The van der Waals surface area contributed by atoms with E-state index in [0.29, 0.717) is 12.0 Å². The van der Waals surface area contributed by atoms with Crippen molar-refractivity contribution in [3.8, 4) is 0 Å². The predicted molar refractivity (Wildman–Crippen MR) is 55.1 cm³/mol. The van der Waals surface area contributed by atoms with Gasteiger partial charge in [-0.2, -0.15) is 0 Å². The van der Waals surface area contributed by atoms with Crippen LogP contribution >= 0.6 is 0 Å². The van der Waals surface area contributed by atoms with Gasteiger partial charge in [0.15, 0.2) is 11.6 Å². The number of azo groups is 2. The lowest BCUT2D eigenvalue weighted by Gasteiger charge is -2.18. The van der Waals surface area contributed by atoms with E-state index in [1.165, 1.54) is 0 Å². The normalized spacial score (nSPS) is 33.3. The molecular formula is C11H23N2+. The van der Waals surface area contributed by atoms with E-state index >= 15 is 0 Å². The van der Waals surface area contributed by atoms with Crippen LogP contribution in [0.15, 0.2) is 5.11 Å². The van der Waals surface area contributed by atoms with E-state index in [0.717, 1.165) is 0 Å². The molecule has 2 heteroatoms. The molecule has 13 heavy (non-hydrogen) atoms. The summed E-state index contributed by atoms with van der Waals surface area (Å²) in [4.78, 5) is 0. The zero-order valence-electron chi connectivity index (χ0n) is 10.0. The number of nitrogens with zero attached hydrogens (tertiary/aromatic N) is 2. The molecule has 1 heterocycles. The minimum absolute atomic E-state index is 0.104. The fraction of sp³-hybridized carbons (Fsp3) is 1.00. The fourth-order valence-electron chi connectivity index (χ4n) is 2.02. The SMILES string of the molecule is C[C@@H]1[C@@H](C)C(C)(C)N=[N+]1C(C)(C)C. The van der Waals surface area contributed by atoms with Gasteiger partial charge in [-0.3, -0.25) is 0 Å². The Balaban J connectivity index is 3.02. The molecule has 0 aromatic carbocycles. The molecular weight excluding hydrogens is 160 g/mol. The molecule has 0 unspecified atom stereocenters. The molecule has 0 radical (unpaired) electrons. The number of hydrogen-bond donors (Lipinski definition) is 0. The van der Waals surface area contributed by atoms with Crippen LogP contribution in [-0.4, -0.2) is 21.8 Å². The van der Waals surface area contributed by atoms with Gasteiger partial charge in [0.25, 0.3) is 0 Å². The zero-order valence-corrected chi connectivity index (χ0v) is 10.0. The lowest BCUT2D eigenvalue weighted by atomic mass is 9.86. The highest BCUT2D eigenvalue weighted by molar-refractivity contribution is 4.88. The minimum Gasteiger partial charge on any atom is -0.120 e. The van der Waals surface area contributed by atoms with Crippen molar-refractivity contribution in [2.24, 2.45) is 11.0 Å². The van der Waals surface area contributed by atoms with Gasteiger partial charge in [-0.05, 0) is 19.0 Å². The summed E-state index contributed by atoms with van der Waals surface area (Å²) in [5.41, 5.74) is 0.258. The molecule has 0 bridgehead atoms. The fourth-order valence-corrected chi connectivity index (χ4v) is 2.02. The standard InChI is InChI=1S/C11H23N2/c1-8-9(2)13(10(3,4)5)12-11(8,6)7/h8-9H,1-7H3/q+1/t8-,9-/m1/s1. The van der Waals surface area contributed by atoms with Crippen LogP contribution in [0.5, 0.6) is 0 Å². The van der Waals surface area contributed by atoms with Gasteiger partial charge in [0.05, 0.1) is 5.92 Å². The first-order chi connectivity index (χ1) is 5.66. The lowest BCUT2D eigenvalue weighted by Crippen LogP contribution is -2.38. The van der Waals surface area contributed by atoms with Gasteiger partial charge in [-0.1, -0.05) is 6.92 Å². The maximum atomic E-state index is 4.79. The van der Waals surface area contributed by atoms with Crippen molar-refractivity contribution in [1.82, 2.24) is 0 Å². The van der Waals surface area contributed by atoms with E-state index in [4.69, 9.17) is 5.11 Å². The van der Waals surface area contributed by atoms with Crippen molar-refractivity contribution < 1.29 is 4.70 Å². The molecule has 0 aliphatic carbocycles. The smallest absolute Gasteiger partial charge is 0.120 e. The van der Waals surface area contributed by atoms with Crippen LogP contribution in [0.4, 0.5) is 0 Å². The molecule has 2 nitrogen and oxygen atoms in total. The van der Waals surface area contributed by atoms with Crippen molar-refractivity contribution >= 4 is 0 Å². The Bertz CT molecular complexity index is 233. The van der Waals surface area contributed by atoms with Crippen LogP contribution in [0.1, 0.15) is 48.5 Å². The Labute approximate surface area is 82.0 Å². The summed E-state index contributed by atoms with van der Waals surface area (Å²) in [5, 5.41) is 4.79. The highest BCUT2D eigenvalue weighted by atomic mass is 15.4. The monoisotopic (exact) mass is 183 g/mol. The summed E-state index contributed by atoms with van der Waals surface area (Å²) in [7, 11) is 0. The van der Waals surface area contributed by atoms with Crippen LogP contribution in [0.3, 0.4) is 0 Å². The van der Waals surface area contributed by atoms with Crippen LogP contribution in [-0.2, 0) is 0 Å². The van der Waals surface area contributed by atoms with E-state index in [2.05, 4.69) is 53.2 Å². The molecule has 1 aliphatic heterocycles. The van der Waals surface area contributed by atoms with Crippen LogP contribution in [0.25, 0.3) is 0 Å². The van der Waals surface area contributed by atoms with E-state index in [1.54, 1.807) is 0 Å². The van der Waals surface area contributed by atoms with Crippen molar-refractivity contribution in [2.45, 2.75) is 65.6 Å². The second-order valence-corrected chi connectivity index (χ2v) is 5.80. The predicted octanol–water partition coefficient (Wildman–Crippen LogP) is 3.07. The molecule has 0 N–H and O–H groups in total. The molecule has 1 aliphatic rings. The van der Waals surface area contributed by atoms with Crippen molar-refractivity contribution in [1.29, 1.82) is 0 Å². The lowest BCUT2D eigenvalue weighted by molar-refractivity contribution is -0.676. The summed E-state index contributed by atoms with van der Waals surface area (Å²) in [6, 6.07) is 0.551. The highest BCUT2D eigenvalue weighted by Gasteiger charge is 2.49. The van der Waals surface area contributed by atoms with Gasteiger partial charge in [0, 0.05) is 27.7 Å². The molecule has 0 aromatic rings. The molecule has 0 amide bonds. The zero-order chi connectivity index (χ0) is 10.4. The maximum absolute atomic E-state index is 4.79. The molecule has 0 saturated heterocycles. The van der Waals surface area contributed by atoms with Gasteiger partial charge in [0.2, 0.25) is 0 Å². The Morgan fingerprint density at radius 1 is 1.15 bits per heavy atom. The van der Waals surface area contributed by atoms with Gasteiger partial charge in [-0.15, -0.1) is 4.70 Å². The van der Waals surface area contributed by atoms with E-state index in [-0.39, 0.29) is 11.1 Å². The first kappa shape index (κ1) is 10.7. The van der Waals surface area contributed by atoms with Gasteiger partial charge < -0.3 is 0 Å². The molecule has 0 spiro atoms. The minimum atomic E-state index is 0.104. The van der Waals surface area contributed by atoms with Gasteiger partial charge >= 0.3 is 0 Å². The second kappa shape index (κ2) is 2.79. The number of hydrogen-bond acceptors (Lipinski definition) is 1. The van der Waals surface area contributed by atoms with Crippen molar-refractivity contribution in [2.75, 3.05) is 0 Å². The largest absolute Gasteiger partial charge is 0.180 e. The Hall–Kier alpha value is -0.400. The molecule has 0 fully saturated rings.